The lowest BCUT2D eigenvalue weighted by molar-refractivity contribution is -0.145. The first-order valence-electron chi connectivity index (χ1n) is 15.1. The van der Waals surface area contributed by atoms with Gasteiger partial charge in [-0.2, -0.15) is 0 Å². The molecule has 0 heterocycles. The number of hydrogen-bond donors (Lipinski definition) is 3. The molecule has 0 unspecified atom stereocenters. The first-order chi connectivity index (χ1) is 19.5. The second kappa shape index (κ2) is 17.6. The van der Waals surface area contributed by atoms with Crippen LogP contribution in [0.5, 0.6) is 11.5 Å². The van der Waals surface area contributed by atoms with Crippen LogP contribution in [-0.2, 0) is 25.5 Å². The normalized spacial score (nSPS) is 20.0. The van der Waals surface area contributed by atoms with Crippen molar-refractivity contribution in [3.63, 3.8) is 0 Å². The maximum atomic E-state index is 13.2. The van der Waals surface area contributed by atoms with Crippen molar-refractivity contribution in [2.24, 2.45) is 35.3 Å². The van der Waals surface area contributed by atoms with Gasteiger partial charge in [0.05, 0.1) is 32.8 Å². The first kappa shape index (κ1) is 34.8. The van der Waals surface area contributed by atoms with Crippen LogP contribution < -0.4 is 20.5 Å². The van der Waals surface area contributed by atoms with E-state index in [1.54, 1.807) is 14.2 Å². The molecule has 9 nitrogen and oxygen atoms in total. The largest absolute Gasteiger partial charge is 0.493 e. The minimum Gasteiger partial charge on any atom is -0.493 e. The van der Waals surface area contributed by atoms with E-state index in [-0.39, 0.29) is 41.6 Å². The highest BCUT2D eigenvalue weighted by Crippen LogP contribution is 2.32. The molecule has 234 valence electrons. The third-order valence-corrected chi connectivity index (χ3v) is 8.44. The molecule has 1 aliphatic rings. The Morgan fingerprint density at radius 1 is 1.02 bits per heavy atom. The number of nitrogens with one attached hydrogen (secondary N) is 1. The highest BCUT2D eigenvalue weighted by atomic mass is 16.5. The molecule has 1 aromatic rings. The molecule has 41 heavy (non-hydrogen) atoms. The van der Waals surface area contributed by atoms with E-state index in [9.17, 15) is 14.7 Å². The van der Waals surface area contributed by atoms with Crippen LogP contribution in [0, 0.1) is 29.6 Å². The van der Waals surface area contributed by atoms with E-state index < -0.39 is 12.1 Å². The number of hydrogen-bond acceptors (Lipinski definition) is 8. The van der Waals surface area contributed by atoms with Gasteiger partial charge in [0.15, 0.2) is 11.5 Å². The van der Waals surface area contributed by atoms with Crippen LogP contribution in [0.1, 0.15) is 71.8 Å². The molecule has 0 spiro atoms. The van der Waals surface area contributed by atoms with Crippen LogP contribution in [0.3, 0.4) is 0 Å². The average molecular weight is 579 g/mol. The summed E-state index contributed by atoms with van der Waals surface area (Å²) in [5.41, 5.74) is 7.69. The van der Waals surface area contributed by atoms with Crippen LogP contribution in [0.2, 0.25) is 0 Å². The first-order valence-corrected chi connectivity index (χ1v) is 15.1. The van der Waals surface area contributed by atoms with E-state index in [4.69, 9.17) is 24.7 Å². The van der Waals surface area contributed by atoms with Gasteiger partial charge in [-0.05, 0) is 74.0 Å². The number of esters is 1. The molecule has 1 amide bonds. The van der Waals surface area contributed by atoms with E-state index in [0.29, 0.717) is 56.3 Å². The average Bonchev–Trinajstić information content (AvgIpc) is 3.41. The fourth-order valence-corrected chi connectivity index (χ4v) is 5.67. The fraction of sp³-hybridized carbons (Fsp3) is 0.750. The number of carbonyl (C=O) groups is 2. The molecular weight excluding hydrogens is 524 g/mol. The van der Waals surface area contributed by atoms with Gasteiger partial charge >= 0.3 is 5.97 Å². The van der Waals surface area contributed by atoms with Gasteiger partial charge in [0.1, 0.15) is 0 Å². The van der Waals surface area contributed by atoms with Crippen LogP contribution in [0.15, 0.2) is 18.2 Å². The zero-order valence-corrected chi connectivity index (χ0v) is 26.2. The molecule has 4 N–H and O–H groups in total. The van der Waals surface area contributed by atoms with E-state index in [2.05, 4.69) is 19.2 Å². The second-order valence-electron chi connectivity index (χ2n) is 12.2. The molecule has 0 aromatic heterocycles. The number of benzene rings is 1. The Morgan fingerprint density at radius 2 is 1.76 bits per heavy atom. The molecule has 0 bridgehead atoms. The van der Waals surface area contributed by atoms with Gasteiger partial charge in [-0.25, -0.2) is 0 Å². The Balaban J connectivity index is 1.99. The molecule has 6 atom stereocenters. The number of methoxy groups -OCH3 is 3. The van der Waals surface area contributed by atoms with Crippen LogP contribution >= 0.6 is 0 Å². The lowest BCUT2D eigenvalue weighted by Gasteiger charge is -2.30. The summed E-state index contributed by atoms with van der Waals surface area (Å²) in [4.78, 5) is 25.1. The maximum absolute atomic E-state index is 13.2. The zero-order chi connectivity index (χ0) is 30.5. The van der Waals surface area contributed by atoms with Crippen molar-refractivity contribution in [3.05, 3.63) is 23.8 Å². The van der Waals surface area contributed by atoms with Crippen molar-refractivity contribution in [2.45, 2.75) is 90.8 Å². The van der Waals surface area contributed by atoms with E-state index in [0.717, 1.165) is 24.8 Å². The van der Waals surface area contributed by atoms with Crippen LogP contribution in [0.4, 0.5) is 0 Å². The Bertz CT molecular complexity index is 939. The van der Waals surface area contributed by atoms with Gasteiger partial charge in [0, 0.05) is 38.1 Å². The number of aliphatic hydroxyl groups is 1. The Morgan fingerprint density at radius 3 is 2.37 bits per heavy atom. The summed E-state index contributed by atoms with van der Waals surface area (Å²) in [6.07, 6.45) is 3.74. The quantitative estimate of drug-likeness (QED) is 0.175. The smallest absolute Gasteiger partial charge is 0.308 e. The number of nitrogens with two attached hydrogens (primary N) is 1. The molecule has 1 saturated carbocycles. The molecule has 0 aliphatic heterocycles. The van der Waals surface area contributed by atoms with Gasteiger partial charge in [-0.15, -0.1) is 0 Å². The zero-order valence-electron chi connectivity index (χ0n) is 26.2. The number of amides is 1. The topological polar surface area (TPSA) is 129 Å². The third kappa shape index (κ3) is 11.1. The van der Waals surface area contributed by atoms with Crippen molar-refractivity contribution < 1.29 is 33.6 Å². The van der Waals surface area contributed by atoms with Gasteiger partial charge in [0.2, 0.25) is 5.91 Å². The lowest BCUT2D eigenvalue weighted by Crippen LogP contribution is -2.44. The SMILES string of the molecule is COCCCOc1cc(C[C@@H](C[C@H](N)[C@@H](O)C[C@H](C(=O)N[C@@H]2CC[C@H](C(=O)OC)C2)C(C)C)C(C)C)ccc1OC. The maximum Gasteiger partial charge on any atom is 0.308 e. The van der Waals surface area contributed by atoms with Crippen molar-refractivity contribution in [1.29, 1.82) is 0 Å². The van der Waals surface area contributed by atoms with Crippen molar-refractivity contribution >= 4 is 11.9 Å². The van der Waals surface area contributed by atoms with E-state index >= 15 is 0 Å². The number of carbonyl (C=O) groups excluding carboxylic acids is 2. The molecule has 0 saturated heterocycles. The monoisotopic (exact) mass is 578 g/mol. The van der Waals surface area contributed by atoms with Crippen molar-refractivity contribution in [2.75, 3.05) is 34.5 Å². The molecule has 2 rings (SSSR count). The summed E-state index contributed by atoms with van der Waals surface area (Å²) in [7, 11) is 4.70. The Labute approximate surface area is 246 Å². The van der Waals surface area contributed by atoms with Gasteiger partial charge in [0.25, 0.3) is 0 Å². The number of ether oxygens (including phenoxy) is 4. The van der Waals surface area contributed by atoms with Crippen molar-refractivity contribution in [3.8, 4) is 11.5 Å². The second-order valence-corrected chi connectivity index (χ2v) is 12.2. The van der Waals surface area contributed by atoms with Crippen LogP contribution in [-0.4, -0.2) is 69.7 Å². The third-order valence-electron chi connectivity index (χ3n) is 8.44. The Hall–Kier alpha value is -2.36. The van der Waals surface area contributed by atoms with Crippen LogP contribution in [0.25, 0.3) is 0 Å². The van der Waals surface area contributed by atoms with Gasteiger partial charge < -0.3 is 35.1 Å². The minimum atomic E-state index is -0.809. The molecular formula is C32H54N2O7. The van der Waals surface area contributed by atoms with Crippen molar-refractivity contribution in [1.82, 2.24) is 5.32 Å². The molecule has 1 fully saturated rings. The van der Waals surface area contributed by atoms with E-state index in [1.807, 2.05) is 32.0 Å². The standard InChI is InChI=1S/C32H54N2O7/c1-20(2)24(15-22-9-12-29(39-6)30(16-22)41-14-8-13-38-5)18-27(33)28(35)19-26(21(3)4)31(36)34-25-11-10-23(17-25)32(37)40-7/h9,12,16,20-21,23-28,35H,8,10-11,13-15,17-19,33H2,1-7H3,(H,34,36)/t23-,24-,25+,26-,27-,28-/m0/s1. The predicted octanol–water partition coefficient (Wildman–Crippen LogP) is 4.12. The summed E-state index contributed by atoms with van der Waals surface area (Å²) < 4.78 is 21.4. The molecule has 1 aliphatic carbocycles. The number of rotatable bonds is 18. The number of aliphatic hydroxyl groups excluding tert-OH is 1. The minimum absolute atomic E-state index is 0.0390. The lowest BCUT2D eigenvalue weighted by atomic mass is 9.80. The summed E-state index contributed by atoms with van der Waals surface area (Å²) in [6, 6.07) is 5.48. The van der Waals surface area contributed by atoms with Gasteiger partial charge in [-0.1, -0.05) is 33.8 Å². The molecule has 9 heteroatoms. The summed E-state index contributed by atoms with van der Waals surface area (Å²) in [5, 5.41) is 14.2. The molecule has 1 aromatic carbocycles. The fourth-order valence-electron chi connectivity index (χ4n) is 5.67. The predicted molar refractivity (Wildman–Crippen MR) is 160 cm³/mol. The van der Waals surface area contributed by atoms with Gasteiger partial charge in [-0.3, -0.25) is 9.59 Å². The summed E-state index contributed by atoms with van der Waals surface area (Å²) in [5.74, 6) is 1.17. The summed E-state index contributed by atoms with van der Waals surface area (Å²) in [6.45, 7) is 9.49. The Kier molecular flexibility index (Phi) is 14.9. The summed E-state index contributed by atoms with van der Waals surface area (Å²) >= 11 is 0. The highest BCUT2D eigenvalue weighted by Gasteiger charge is 2.35. The highest BCUT2D eigenvalue weighted by molar-refractivity contribution is 5.79. The van der Waals surface area contributed by atoms with E-state index in [1.165, 1.54) is 7.11 Å². The molecule has 0 radical (unpaired) electrons.